The average Bonchev–Trinajstić information content (AvgIpc) is 1.61. The molecule has 0 fully saturated rings. The second-order valence-electron chi connectivity index (χ2n) is 26.7. The number of hydrogen-bond donors (Lipinski definition) is 0. The minimum absolute atomic E-state index is 0. The number of para-hydroxylation sites is 5. The molecule has 0 radical (unpaired) electrons. The molecule has 10 heteroatoms. The molecule has 0 bridgehead atoms. The number of ether oxygens (including phenoxy) is 1. The van der Waals surface area contributed by atoms with Gasteiger partial charge in [-0.15, -0.1) is 29.8 Å². The van der Waals surface area contributed by atoms with Gasteiger partial charge in [0, 0.05) is 95.5 Å². The minimum Gasteiger partial charge on any atom is -0.510 e. The number of hydrogen-bond acceptors (Lipinski definition) is 5. The third-order valence-corrected chi connectivity index (χ3v) is 20.0. The van der Waals surface area contributed by atoms with Crippen LogP contribution in [0.2, 0.25) is 0 Å². The number of nitrogens with zero attached hydrogens (tertiary/aromatic N) is 7. The summed E-state index contributed by atoms with van der Waals surface area (Å²) < 4.78 is 14.0. The summed E-state index contributed by atoms with van der Waals surface area (Å²) in [6.07, 6.45) is 5.91. The van der Waals surface area contributed by atoms with E-state index in [1.54, 1.807) is 0 Å². The van der Waals surface area contributed by atoms with E-state index in [0.717, 1.165) is 118 Å². The van der Waals surface area contributed by atoms with E-state index >= 15 is 0 Å². The Balaban J connectivity index is 0.00000660. The first-order valence-corrected chi connectivity index (χ1v) is 32.4. The molecule has 7 heterocycles. The van der Waals surface area contributed by atoms with Crippen molar-refractivity contribution in [3.05, 3.63) is 308 Å². The molecule has 95 heavy (non-hydrogen) atoms. The van der Waals surface area contributed by atoms with Crippen LogP contribution in [0, 0.1) is 18.5 Å². The fraction of sp³-hybridized carbons (Fsp3) is 0.0824. The first-order chi connectivity index (χ1) is 46.1. The van der Waals surface area contributed by atoms with Crippen molar-refractivity contribution in [2.45, 2.75) is 45.4 Å². The molecule has 0 atom stereocenters. The predicted molar refractivity (Wildman–Crippen MR) is 384 cm³/mol. The van der Waals surface area contributed by atoms with E-state index in [2.05, 4.69) is 348 Å². The van der Waals surface area contributed by atoms with Crippen molar-refractivity contribution in [3.8, 4) is 50.9 Å². The summed E-state index contributed by atoms with van der Waals surface area (Å²) >= 11 is 0. The van der Waals surface area contributed by atoms with Gasteiger partial charge in [0.25, 0.3) is 13.0 Å². The zero-order valence-electron chi connectivity index (χ0n) is 52.9. The van der Waals surface area contributed by atoms with Gasteiger partial charge in [-0.25, -0.2) is 4.98 Å². The van der Waals surface area contributed by atoms with Gasteiger partial charge in [0.05, 0.1) is 16.7 Å². The number of imidazole rings is 1. The van der Waals surface area contributed by atoms with Crippen LogP contribution in [0.5, 0.6) is 11.5 Å². The number of benzene rings is 12. The van der Waals surface area contributed by atoms with Crippen LogP contribution in [0.3, 0.4) is 0 Å². The molecule has 0 unspecified atom stereocenters. The number of aromatic nitrogens is 4. The Kier molecular flexibility index (Phi) is 12.7. The van der Waals surface area contributed by atoms with Crippen molar-refractivity contribution < 1.29 is 30.4 Å². The number of rotatable bonds is 9. The number of anilines is 9. The number of fused-ring (bicyclic) bond motifs is 6. The molecule has 4 aliphatic heterocycles. The van der Waals surface area contributed by atoms with Crippen LogP contribution < -0.4 is 40.4 Å². The molecule has 0 N–H and O–H groups in total. The van der Waals surface area contributed by atoms with E-state index in [9.17, 15) is 0 Å². The summed E-state index contributed by atoms with van der Waals surface area (Å²) in [5.74, 6) is 1.92. The Bertz CT molecular complexity index is 5550. The largest absolute Gasteiger partial charge is 0.510 e. The van der Waals surface area contributed by atoms with Crippen LogP contribution >= 0.6 is 0 Å². The Morgan fingerprint density at radius 2 is 1.02 bits per heavy atom. The smallest absolute Gasteiger partial charge is 0.268 e. The van der Waals surface area contributed by atoms with Gasteiger partial charge in [-0.2, -0.15) is 12.1 Å². The fourth-order valence-corrected chi connectivity index (χ4v) is 15.8. The van der Waals surface area contributed by atoms with E-state index in [4.69, 9.17) is 9.72 Å². The molecule has 456 valence electrons. The summed E-state index contributed by atoms with van der Waals surface area (Å²) in [6.45, 7) is 11.3. The molecule has 4 aliphatic rings. The normalized spacial score (nSPS) is 13.7. The molecule has 19 rings (SSSR count). The molecule has 0 saturated heterocycles. The molecule has 15 aromatic rings. The van der Waals surface area contributed by atoms with Gasteiger partial charge in [0.15, 0.2) is 0 Å². The second-order valence-corrected chi connectivity index (χ2v) is 26.7. The van der Waals surface area contributed by atoms with Crippen LogP contribution in [0.1, 0.15) is 51.3 Å². The van der Waals surface area contributed by atoms with Crippen LogP contribution in [-0.4, -0.2) is 20.8 Å². The predicted octanol–water partition coefficient (Wildman–Crippen LogP) is 18.7. The van der Waals surface area contributed by atoms with Gasteiger partial charge >= 0.3 is 0 Å². The van der Waals surface area contributed by atoms with Gasteiger partial charge in [-0.1, -0.05) is 209 Å². The van der Waals surface area contributed by atoms with Crippen LogP contribution in [0.4, 0.5) is 51.2 Å². The molecule has 0 aliphatic carbocycles. The Morgan fingerprint density at radius 1 is 0.495 bits per heavy atom. The van der Waals surface area contributed by atoms with Crippen molar-refractivity contribution in [1.29, 1.82) is 0 Å². The molecule has 3 aromatic heterocycles. The topological polar surface area (TPSA) is 45.6 Å². The zero-order chi connectivity index (χ0) is 62.7. The summed E-state index contributed by atoms with van der Waals surface area (Å²) in [6, 6.07) is 104. The standard InChI is InChI=1S/C85H60BN7O.Pt/c1-84(2,3)56-47-48-87-76(49-56)93-72-50-60(94-61-44-46-65-73(51-61)89-53-88(71-42-22-37-66(82(71)89)85(65,4)5)81-62(54-25-11-6-12-26-54)35-21-36-63(81)55-27-13-7-14-28-55)43-45-64(72)77-74(93)52-75-80-83(77)92(59-33-19-10-20-34-59)70-41-24-39-68-79(70)86(80)78-67(90(68)57-29-15-8-16-30-57)38-23-40-69(78)91(75)58-31-17-9-18-32-58;/h6-49,52H,1-5H3;/q-2;. The molecule has 12 aromatic carbocycles. The first kappa shape index (κ1) is 56.7. The maximum atomic E-state index is 7.22. The first-order valence-electron chi connectivity index (χ1n) is 32.4. The Labute approximate surface area is 567 Å². The van der Waals surface area contributed by atoms with Gasteiger partial charge in [0.2, 0.25) is 0 Å². The molecule has 0 spiro atoms. The monoisotopic (exact) mass is 1400 g/mol. The Hall–Kier alpha value is -11.0. The summed E-state index contributed by atoms with van der Waals surface area (Å²) in [4.78, 5) is 12.8. The zero-order valence-corrected chi connectivity index (χ0v) is 55.2. The van der Waals surface area contributed by atoms with E-state index in [1.807, 2.05) is 6.20 Å². The van der Waals surface area contributed by atoms with Crippen LogP contribution in [0.15, 0.2) is 273 Å². The average molecular weight is 1400 g/mol. The Morgan fingerprint density at radius 3 is 1.62 bits per heavy atom. The van der Waals surface area contributed by atoms with Crippen LogP contribution in [-0.2, 0) is 31.9 Å². The molecule has 8 nitrogen and oxygen atoms in total. The molecular weight excluding hydrogens is 1340 g/mol. The van der Waals surface area contributed by atoms with E-state index in [-0.39, 0.29) is 33.2 Å². The molecule has 0 saturated carbocycles. The van der Waals surface area contributed by atoms with E-state index < -0.39 is 5.41 Å². The molecule has 0 amide bonds. The maximum Gasteiger partial charge on any atom is 0.268 e. The molecular formula is C85H60BN7OPt-2. The van der Waals surface area contributed by atoms with E-state index in [0.29, 0.717) is 11.5 Å². The van der Waals surface area contributed by atoms with Crippen molar-refractivity contribution in [1.82, 2.24) is 14.1 Å². The third-order valence-electron chi connectivity index (χ3n) is 20.0. The van der Waals surface area contributed by atoms with Crippen LogP contribution in [0.25, 0.3) is 72.3 Å². The van der Waals surface area contributed by atoms with Crippen molar-refractivity contribution in [3.63, 3.8) is 0 Å². The van der Waals surface area contributed by atoms with Gasteiger partial charge in [0.1, 0.15) is 5.82 Å². The summed E-state index contributed by atoms with van der Waals surface area (Å²) in [5.41, 5.74) is 27.3. The van der Waals surface area contributed by atoms with Gasteiger partial charge < -0.3 is 28.6 Å². The van der Waals surface area contributed by atoms with Crippen molar-refractivity contribution in [2.24, 2.45) is 0 Å². The van der Waals surface area contributed by atoms with Gasteiger partial charge in [-0.3, -0.25) is 4.57 Å². The van der Waals surface area contributed by atoms with Gasteiger partial charge in [-0.05, 0) is 151 Å². The summed E-state index contributed by atoms with van der Waals surface area (Å²) in [7, 11) is 0. The second kappa shape index (κ2) is 21.3. The SMILES string of the molecule is CC(C)(C)c1ccnc(-n2c3[c-]c(Oc4[c-]c5c(cc4)C(C)(C)c4cccc6c4n-5[c-][n+]6-c4c(-c5ccccc5)cccc4-c4ccccc4)ccc3c3c4c5c(cc32)N(c2ccccc2)c2cccc3c2B5c2c(cccc2N4c2ccccc2)N3c2ccccc2)c1.[Pt]. The van der Waals surface area contributed by atoms with E-state index in [1.165, 1.54) is 38.9 Å². The summed E-state index contributed by atoms with van der Waals surface area (Å²) in [5, 5.41) is 2.13. The fourth-order valence-electron chi connectivity index (χ4n) is 15.8. The third kappa shape index (κ3) is 8.38. The minimum atomic E-state index is -0.390. The van der Waals surface area contributed by atoms with Crippen molar-refractivity contribution in [2.75, 3.05) is 14.7 Å². The quantitative estimate of drug-likeness (QED) is 0.0819. The van der Waals surface area contributed by atoms with Crippen molar-refractivity contribution >= 4 is 107 Å². The maximum absolute atomic E-state index is 7.22. The number of pyridine rings is 1.